The first-order chi connectivity index (χ1) is 8.38. The number of nitrogens with one attached hydrogen (secondary N) is 1. The molecule has 0 saturated heterocycles. The number of rotatable bonds is 6. The van der Waals surface area contributed by atoms with E-state index in [9.17, 15) is 18.0 Å². The Kier molecular flexibility index (Phi) is 7.47. The summed E-state index contributed by atoms with van der Waals surface area (Å²) in [7, 11) is 0. The van der Waals surface area contributed by atoms with Gasteiger partial charge in [-0.1, -0.05) is 0 Å². The molecule has 0 aromatic carbocycles. The van der Waals surface area contributed by atoms with E-state index in [0.717, 1.165) is 0 Å². The molecule has 0 aliphatic rings. The van der Waals surface area contributed by atoms with Gasteiger partial charge in [0.15, 0.2) is 0 Å². The predicted molar refractivity (Wildman–Crippen MR) is 61.5 cm³/mol. The van der Waals surface area contributed by atoms with Gasteiger partial charge in [-0.15, -0.1) is 0 Å². The Morgan fingerprint density at radius 1 is 1.33 bits per heavy atom. The number of hydrazone groups is 1. The van der Waals surface area contributed by atoms with Crippen molar-refractivity contribution in [3.8, 4) is 0 Å². The minimum Gasteiger partial charge on any atom is -0.486 e. The zero-order valence-corrected chi connectivity index (χ0v) is 12.3. The summed E-state index contributed by atoms with van der Waals surface area (Å²) in [5.74, 6) is -2.04. The van der Waals surface area contributed by atoms with Crippen LogP contribution in [0, 0.1) is 0 Å². The molecule has 0 aliphatic heterocycles. The highest BCUT2D eigenvalue weighted by molar-refractivity contribution is 6.05. The van der Waals surface area contributed by atoms with E-state index in [-0.39, 0.29) is 13.2 Å². The molecule has 0 bridgehead atoms. The molecule has 0 unspecified atom stereocenters. The van der Waals surface area contributed by atoms with Crippen molar-refractivity contribution in [3.63, 3.8) is 0 Å². The Morgan fingerprint density at radius 3 is 2.28 bits per heavy atom. The number of hydrogen-bond acceptors (Lipinski definition) is 5. The zero-order chi connectivity index (χ0) is 14.2. The molecule has 0 radical (unpaired) electrons. The van der Waals surface area contributed by atoms with Gasteiger partial charge < -0.3 is 13.9 Å². The van der Waals surface area contributed by atoms with Crippen molar-refractivity contribution in [3.05, 3.63) is 11.3 Å². The number of nitrogens with zero attached hydrogens (tertiary/aromatic N) is 1. The van der Waals surface area contributed by atoms with Gasteiger partial charge in [0.25, 0.3) is 0 Å². The molecule has 9 heteroatoms. The van der Waals surface area contributed by atoms with E-state index in [2.05, 4.69) is 14.2 Å². The number of carbonyl (C=O) groups excluding carboxylic acids is 1. The summed E-state index contributed by atoms with van der Waals surface area (Å²) in [5, 5.41) is 3.31. The quantitative estimate of drug-likeness (QED) is 0.193. The Bertz CT molecular complexity index is 342. The maximum absolute atomic E-state index is 12.8. The molecule has 0 saturated carbocycles. The molecule has 0 aromatic rings. The van der Waals surface area contributed by atoms with Crippen molar-refractivity contribution in [1.29, 1.82) is 0 Å². The molecular weight excluding hydrogens is 268 g/mol. The number of esters is 1. The van der Waals surface area contributed by atoms with Crippen LogP contribution >= 0.6 is 0 Å². The van der Waals surface area contributed by atoms with Gasteiger partial charge >= 0.3 is 28.7 Å². The highest BCUT2D eigenvalue weighted by Gasteiger charge is 2.39. The summed E-state index contributed by atoms with van der Waals surface area (Å²) in [6, 6.07) is 0. The minimum absolute atomic E-state index is 0.0450. The highest BCUT2D eigenvalue weighted by atomic mass is 27.1. The molecule has 0 atom stereocenters. The fraction of sp³-hybridized carbons (Fsp3) is 0.556. The third-order valence-corrected chi connectivity index (χ3v) is 1.88. The Balaban J connectivity index is 5.54. The average Bonchev–Trinajstić information content (AvgIpc) is 2.26. The number of alkyl halides is 3. The Morgan fingerprint density at radius 2 is 1.89 bits per heavy atom. The van der Waals surface area contributed by atoms with E-state index in [4.69, 9.17) is 4.74 Å². The molecule has 0 aliphatic carbocycles. The number of halogens is 3. The monoisotopic (exact) mass is 282 g/mol. The SMILES string of the molecule is CCOC(=O)/C(OCC)=C(\C=N\[NH][AlH2])C(F)(F)F. The van der Waals surface area contributed by atoms with Gasteiger partial charge in [0, 0.05) is 0 Å². The number of carbonyl (C=O) groups is 1. The molecule has 0 amide bonds. The fourth-order valence-corrected chi connectivity index (χ4v) is 1.11. The zero-order valence-electron chi connectivity index (χ0n) is 10.3. The van der Waals surface area contributed by atoms with Crippen LogP contribution in [0.5, 0.6) is 0 Å². The molecule has 18 heavy (non-hydrogen) atoms. The smallest absolute Gasteiger partial charge is 0.421 e. The molecule has 0 rings (SSSR count). The largest absolute Gasteiger partial charge is 0.486 e. The second-order valence-electron chi connectivity index (χ2n) is 2.88. The third kappa shape index (κ3) is 5.42. The van der Waals surface area contributed by atoms with E-state index in [1.807, 2.05) is 0 Å². The minimum atomic E-state index is -4.75. The lowest BCUT2D eigenvalue weighted by molar-refractivity contribution is -0.144. The molecule has 0 aromatic heterocycles. The van der Waals surface area contributed by atoms with Crippen LogP contribution in [0.2, 0.25) is 0 Å². The van der Waals surface area contributed by atoms with Crippen LogP contribution in [0.25, 0.3) is 0 Å². The maximum Gasteiger partial charge on any atom is 0.421 e. The summed E-state index contributed by atoms with van der Waals surface area (Å²) < 4.78 is 49.8. The lowest BCUT2D eigenvalue weighted by atomic mass is 10.2. The van der Waals surface area contributed by atoms with E-state index in [0.29, 0.717) is 22.7 Å². The third-order valence-electron chi connectivity index (χ3n) is 1.62. The van der Waals surface area contributed by atoms with Crippen molar-refractivity contribution in [2.24, 2.45) is 5.10 Å². The second-order valence-corrected chi connectivity index (χ2v) is 3.32. The number of hydrogen-bond donors (Lipinski definition) is 1. The van der Waals surface area contributed by atoms with Gasteiger partial charge in [-0.05, 0) is 13.8 Å². The van der Waals surface area contributed by atoms with Crippen molar-refractivity contribution in [2.45, 2.75) is 20.0 Å². The summed E-state index contributed by atoms with van der Waals surface area (Å²) in [4.78, 5) is 11.4. The molecule has 0 spiro atoms. The molecule has 5 nitrogen and oxygen atoms in total. The van der Waals surface area contributed by atoms with Crippen LogP contribution in [0.4, 0.5) is 13.2 Å². The van der Waals surface area contributed by atoms with Gasteiger partial charge in [-0.2, -0.15) is 13.2 Å². The van der Waals surface area contributed by atoms with Crippen LogP contribution in [0.1, 0.15) is 13.8 Å². The summed E-state index contributed by atoms with van der Waals surface area (Å²) in [5.41, 5.74) is -1.27. The lowest BCUT2D eigenvalue weighted by Gasteiger charge is -2.14. The standard InChI is InChI=1S/C9H13F3N2O3.Al.2H/c1-3-16-7(8(15)17-4-2)6(5-14-13)9(10,11)12;;;/h5H,3-4H2,1-2H3,(H2,13,15);;;/q;+1;;/p-1. The first-order valence-electron chi connectivity index (χ1n) is 5.19. The first kappa shape index (κ1) is 16.8. The number of ether oxygens (including phenoxy) is 2. The van der Waals surface area contributed by atoms with Crippen LogP contribution in [-0.2, 0) is 14.3 Å². The van der Waals surface area contributed by atoms with Crippen molar-refractivity contribution < 1.29 is 27.4 Å². The van der Waals surface area contributed by atoms with Crippen LogP contribution in [0.15, 0.2) is 16.4 Å². The molecule has 102 valence electrons. The van der Waals surface area contributed by atoms with Gasteiger partial charge in [0.2, 0.25) is 5.76 Å². The predicted octanol–water partition coefficient (Wildman–Crippen LogP) is 0.526. The summed E-state index contributed by atoms with van der Waals surface area (Å²) in [6.07, 6.45) is -4.24. The first-order valence-corrected chi connectivity index (χ1v) is 6.19. The van der Waals surface area contributed by atoms with Gasteiger partial charge in [0.05, 0.1) is 19.4 Å². The maximum atomic E-state index is 12.8. The van der Waals surface area contributed by atoms with E-state index < -0.39 is 23.5 Å². The number of allylic oxidation sites excluding steroid dienone is 1. The van der Waals surface area contributed by atoms with Gasteiger partial charge in [-0.3, -0.25) is 0 Å². The topological polar surface area (TPSA) is 59.9 Å². The summed E-state index contributed by atoms with van der Waals surface area (Å²) >= 11 is 0.383. The van der Waals surface area contributed by atoms with Crippen molar-refractivity contribution in [2.75, 3.05) is 13.2 Å². The fourth-order valence-electron chi connectivity index (χ4n) is 0.977. The second kappa shape index (κ2) is 8.00. The van der Waals surface area contributed by atoms with E-state index in [1.165, 1.54) is 13.8 Å². The van der Waals surface area contributed by atoms with Gasteiger partial charge in [-0.25, -0.2) is 9.90 Å². The van der Waals surface area contributed by atoms with Crippen LogP contribution in [-0.4, -0.2) is 48.1 Å². The van der Waals surface area contributed by atoms with E-state index >= 15 is 0 Å². The highest BCUT2D eigenvalue weighted by Crippen LogP contribution is 2.28. The van der Waals surface area contributed by atoms with E-state index in [1.54, 1.807) is 0 Å². The van der Waals surface area contributed by atoms with Crippen LogP contribution < -0.4 is 4.41 Å². The molecule has 0 heterocycles. The van der Waals surface area contributed by atoms with Crippen molar-refractivity contribution in [1.82, 2.24) is 4.41 Å². The van der Waals surface area contributed by atoms with Gasteiger partial charge in [0.1, 0.15) is 5.57 Å². The Labute approximate surface area is 111 Å². The van der Waals surface area contributed by atoms with Crippen molar-refractivity contribution >= 4 is 28.7 Å². The average molecular weight is 282 g/mol. The lowest BCUT2D eigenvalue weighted by Crippen LogP contribution is -2.23. The molecule has 1 N–H and O–H groups in total. The van der Waals surface area contributed by atoms with Crippen LogP contribution in [0.3, 0.4) is 0 Å². The summed E-state index contributed by atoms with van der Waals surface area (Å²) in [6.45, 7) is 2.82. The molecule has 0 fully saturated rings. The normalized spacial score (nSPS) is 13.2. The molecular formula is C9H14AlF3N2O3. The Hall–Kier alpha value is -1.20.